The monoisotopic (exact) mass is 309 g/mol. The van der Waals surface area contributed by atoms with E-state index in [9.17, 15) is 9.18 Å². The highest BCUT2D eigenvalue weighted by atomic mass is 19.1. The molecule has 1 aromatic heterocycles. The van der Waals surface area contributed by atoms with Gasteiger partial charge in [-0.2, -0.15) is 0 Å². The Hall–Kier alpha value is -1.96. The molecule has 2 fully saturated rings. The lowest BCUT2D eigenvalue weighted by Crippen LogP contribution is -2.39. The van der Waals surface area contributed by atoms with Crippen LogP contribution in [-0.4, -0.2) is 67.3 Å². The molecule has 0 radical (unpaired) electrons. The van der Waals surface area contributed by atoms with Gasteiger partial charge in [0.15, 0.2) is 5.82 Å². The van der Waals surface area contributed by atoms with Gasteiger partial charge in [0.05, 0.1) is 25.1 Å². The van der Waals surface area contributed by atoms with Crippen LogP contribution in [0.3, 0.4) is 0 Å². The highest BCUT2D eigenvalue weighted by molar-refractivity contribution is 5.73. The summed E-state index contributed by atoms with van der Waals surface area (Å²) in [6, 6.07) is -0.0971. The number of fused-ring (bicyclic) bond motifs is 1. The number of urea groups is 1. The van der Waals surface area contributed by atoms with Crippen molar-refractivity contribution >= 4 is 12.0 Å². The summed E-state index contributed by atoms with van der Waals surface area (Å²) in [6.45, 7) is 2.71. The average molecular weight is 309 g/mol. The number of nitrogens with zero attached hydrogens (tertiary/aromatic N) is 4. The molecule has 0 saturated carbocycles. The van der Waals surface area contributed by atoms with Crippen LogP contribution >= 0.6 is 0 Å². The molecular weight excluding hydrogens is 289 g/mol. The molecule has 0 aromatic carbocycles. The number of anilines is 1. The van der Waals surface area contributed by atoms with Gasteiger partial charge in [0.25, 0.3) is 0 Å². The van der Waals surface area contributed by atoms with Crippen LogP contribution in [0.5, 0.6) is 0 Å². The van der Waals surface area contributed by atoms with Gasteiger partial charge in [-0.25, -0.2) is 19.2 Å². The van der Waals surface area contributed by atoms with Crippen molar-refractivity contribution in [1.82, 2.24) is 20.2 Å². The van der Waals surface area contributed by atoms with E-state index in [-0.39, 0.29) is 18.1 Å². The summed E-state index contributed by atoms with van der Waals surface area (Å²) in [5.41, 5.74) is 0. The Balaban J connectivity index is 1.59. The van der Waals surface area contributed by atoms with Gasteiger partial charge in [0, 0.05) is 45.6 Å². The zero-order valence-electron chi connectivity index (χ0n) is 12.7. The first-order valence-electron chi connectivity index (χ1n) is 7.34. The third-order valence-corrected chi connectivity index (χ3v) is 4.25. The Morgan fingerprint density at radius 2 is 2.18 bits per heavy atom. The van der Waals surface area contributed by atoms with Crippen LogP contribution in [-0.2, 0) is 4.74 Å². The summed E-state index contributed by atoms with van der Waals surface area (Å²) in [5, 5.41) is 2.91. The van der Waals surface area contributed by atoms with Crippen molar-refractivity contribution in [3.8, 4) is 0 Å². The SMILES string of the molecule is CN(C)C(=O)NC[C@@H]1CO[C@H]2CN(c3ncc(F)cn3)C[C@@H]12. The van der Waals surface area contributed by atoms with E-state index in [1.54, 1.807) is 14.1 Å². The van der Waals surface area contributed by atoms with Gasteiger partial charge in [-0.1, -0.05) is 0 Å². The van der Waals surface area contributed by atoms with Gasteiger partial charge in [0.1, 0.15) is 0 Å². The molecule has 3 rings (SSSR count). The van der Waals surface area contributed by atoms with Crippen LogP contribution < -0.4 is 10.2 Å². The second-order valence-electron chi connectivity index (χ2n) is 5.98. The van der Waals surface area contributed by atoms with E-state index in [0.717, 1.165) is 6.54 Å². The van der Waals surface area contributed by atoms with Crippen molar-refractivity contribution in [2.24, 2.45) is 11.8 Å². The number of carbonyl (C=O) groups is 1. The number of nitrogens with one attached hydrogen (secondary N) is 1. The number of hydrogen-bond donors (Lipinski definition) is 1. The van der Waals surface area contributed by atoms with Crippen molar-refractivity contribution < 1.29 is 13.9 Å². The number of rotatable bonds is 3. The molecule has 0 unspecified atom stereocenters. The predicted molar refractivity (Wildman–Crippen MR) is 78.0 cm³/mol. The molecule has 2 aliphatic heterocycles. The molecule has 0 bridgehead atoms. The van der Waals surface area contributed by atoms with Crippen LogP contribution in [0.25, 0.3) is 0 Å². The van der Waals surface area contributed by atoms with Crippen LogP contribution in [0.2, 0.25) is 0 Å². The molecule has 2 saturated heterocycles. The zero-order chi connectivity index (χ0) is 15.7. The van der Waals surface area contributed by atoms with Gasteiger partial charge in [-0.3, -0.25) is 0 Å². The lowest BCUT2D eigenvalue weighted by atomic mass is 9.93. The molecule has 7 nitrogen and oxygen atoms in total. The molecule has 3 atom stereocenters. The Morgan fingerprint density at radius 1 is 1.45 bits per heavy atom. The molecule has 22 heavy (non-hydrogen) atoms. The van der Waals surface area contributed by atoms with E-state index >= 15 is 0 Å². The summed E-state index contributed by atoms with van der Waals surface area (Å²) in [4.78, 5) is 23.2. The first-order chi connectivity index (χ1) is 10.5. The lowest BCUT2D eigenvalue weighted by molar-refractivity contribution is 0.111. The van der Waals surface area contributed by atoms with E-state index in [0.29, 0.717) is 31.6 Å². The standard InChI is InChI=1S/C14H20FN5O2/c1-19(2)14(21)18-3-9-8-22-12-7-20(6-11(9)12)13-16-4-10(15)5-17-13/h4-5,9,11-12H,3,6-8H2,1-2H3,(H,18,21)/t9-,11+,12+/m1/s1. The second-order valence-corrected chi connectivity index (χ2v) is 5.98. The van der Waals surface area contributed by atoms with Gasteiger partial charge in [-0.05, 0) is 0 Å². The number of carbonyl (C=O) groups excluding carboxylic acids is 1. The van der Waals surface area contributed by atoms with E-state index < -0.39 is 5.82 Å². The summed E-state index contributed by atoms with van der Waals surface area (Å²) < 4.78 is 18.7. The molecule has 1 aromatic rings. The second kappa shape index (κ2) is 6.04. The molecule has 0 spiro atoms. The summed E-state index contributed by atoms with van der Waals surface area (Å²) in [7, 11) is 3.43. The first kappa shape index (κ1) is 15.0. The number of amides is 2. The van der Waals surface area contributed by atoms with Crippen molar-refractivity contribution in [3.05, 3.63) is 18.2 Å². The third kappa shape index (κ3) is 2.96. The number of halogens is 1. The van der Waals surface area contributed by atoms with Crippen molar-refractivity contribution in [3.63, 3.8) is 0 Å². The number of hydrogen-bond acceptors (Lipinski definition) is 5. The van der Waals surface area contributed by atoms with E-state index in [1.807, 2.05) is 4.90 Å². The quantitative estimate of drug-likeness (QED) is 0.872. The molecule has 2 aliphatic rings. The molecular formula is C14H20FN5O2. The van der Waals surface area contributed by atoms with Crippen LogP contribution in [0.15, 0.2) is 12.4 Å². The Bertz CT molecular complexity index is 539. The fraction of sp³-hybridized carbons (Fsp3) is 0.643. The topological polar surface area (TPSA) is 70.6 Å². The molecule has 2 amide bonds. The summed E-state index contributed by atoms with van der Waals surface area (Å²) in [6.07, 6.45) is 2.47. The smallest absolute Gasteiger partial charge is 0.316 e. The highest BCUT2D eigenvalue weighted by Gasteiger charge is 2.44. The Kier molecular flexibility index (Phi) is 4.10. The molecule has 8 heteroatoms. The van der Waals surface area contributed by atoms with Gasteiger partial charge in [-0.15, -0.1) is 0 Å². The van der Waals surface area contributed by atoms with Gasteiger partial charge in [0.2, 0.25) is 5.95 Å². The number of aromatic nitrogens is 2. The summed E-state index contributed by atoms with van der Waals surface area (Å²) in [5.74, 6) is 0.689. The van der Waals surface area contributed by atoms with Crippen molar-refractivity contribution in [2.45, 2.75) is 6.10 Å². The van der Waals surface area contributed by atoms with Crippen molar-refractivity contribution in [2.75, 3.05) is 45.2 Å². The molecule has 1 N–H and O–H groups in total. The maximum atomic E-state index is 12.9. The Morgan fingerprint density at radius 3 is 2.86 bits per heavy atom. The maximum absolute atomic E-state index is 12.9. The largest absolute Gasteiger partial charge is 0.376 e. The third-order valence-electron chi connectivity index (χ3n) is 4.25. The normalized spacial score (nSPS) is 26.9. The van der Waals surface area contributed by atoms with Crippen molar-refractivity contribution in [1.29, 1.82) is 0 Å². The first-order valence-corrected chi connectivity index (χ1v) is 7.34. The van der Waals surface area contributed by atoms with Gasteiger partial charge >= 0.3 is 6.03 Å². The lowest BCUT2D eigenvalue weighted by Gasteiger charge is -2.20. The zero-order valence-corrected chi connectivity index (χ0v) is 12.7. The van der Waals surface area contributed by atoms with Crippen LogP contribution in [0, 0.1) is 17.7 Å². The average Bonchev–Trinajstić information content (AvgIpc) is 3.06. The Labute approximate surface area is 128 Å². The van der Waals surface area contributed by atoms with E-state index in [2.05, 4.69) is 15.3 Å². The minimum Gasteiger partial charge on any atom is -0.376 e. The molecule has 0 aliphatic carbocycles. The predicted octanol–water partition coefficient (Wildman–Crippen LogP) is 0.338. The number of ether oxygens (including phenoxy) is 1. The van der Waals surface area contributed by atoms with E-state index in [1.165, 1.54) is 17.3 Å². The minimum atomic E-state index is -0.441. The highest BCUT2D eigenvalue weighted by Crippen LogP contribution is 2.34. The van der Waals surface area contributed by atoms with Gasteiger partial charge < -0.3 is 19.9 Å². The fourth-order valence-corrected chi connectivity index (χ4v) is 3.02. The minimum absolute atomic E-state index is 0.0971. The maximum Gasteiger partial charge on any atom is 0.316 e. The fourth-order valence-electron chi connectivity index (χ4n) is 3.02. The molecule has 120 valence electrons. The van der Waals surface area contributed by atoms with Crippen LogP contribution in [0.1, 0.15) is 0 Å². The summed E-state index contributed by atoms with van der Waals surface area (Å²) >= 11 is 0. The molecule has 3 heterocycles. The van der Waals surface area contributed by atoms with Crippen LogP contribution in [0.4, 0.5) is 15.1 Å². The van der Waals surface area contributed by atoms with E-state index in [4.69, 9.17) is 4.74 Å².